The number of aromatic nitrogens is 1. The minimum absolute atomic E-state index is 0.0246. The lowest BCUT2D eigenvalue weighted by atomic mass is 9.94. The van der Waals surface area contributed by atoms with Crippen molar-refractivity contribution >= 4 is 17.7 Å². The van der Waals surface area contributed by atoms with Crippen LogP contribution in [0.1, 0.15) is 24.1 Å². The highest BCUT2D eigenvalue weighted by molar-refractivity contribution is 5.79. The van der Waals surface area contributed by atoms with Crippen molar-refractivity contribution in [3.8, 4) is 11.6 Å². The van der Waals surface area contributed by atoms with Gasteiger partial charge in [-0.1, -0.05) is 18.2 Å². The van der Waals surface area contributed by atoms with E-state index in [9.17, 15) is 5.21 Å². The molecule has 21 heavy (non-hydrogen) atoms. The summed E-state index contributed by atoms with van der Waals surface area (Å²) >= 11 is 0. The third-order valence-corrected chi connectivity index (χ3v) is 3.93. The van der Waals surface area contributed by atoms with Gasteiger partial charge in [-0.25, -0.2) is 4.98 Å². The summed E-state index contributed by atoms with van der Waals surface area (Å²) in [7, 11) is 0. The number of hydrogen-bond donors (Lipinski definition) is 1. The maximum Gasteiger partial charge on any atom is 0.252 e. The van der Waals surface area contributed by atoms with Crippen molar-refractivity contribution in [2.45, 2.75) is 25.7 Å². The summed E-state index contributed by atoms with van der Waals surface area (Å²) in [4.78, 5) is 8.85. The second kappa shape index (κ2) is 4.95. The van der Waals surface area contributed by atoms with E-state index in [4.69, 9.17) is 4.74 Å². The van der Waals surface area contributed by atoms with E-state index in [1.807, 2.05) is 30.3 Å². The number of ether oxygens (including phenoxy) is 1. The molecule has 1 N–H and O–H groups in total. The fraction of sp³-hybridized carbons (Fsp3) is 0.250. The molecule has 0 radical (unpaired) electrons. The fourth-order valence-corrected chi connectivity index (χ4v) is 2.95. The number of nitrogens with one attached hydrogen (secondary N) is 1. The van der Waals surface area contributed by atoms with Gasteiger partial charge in [0, 0.05) is 5.56 Å². The molecule has 1 aliphatic carbocycles. The minimum atomic E-state index is -0.0246. The lowest BCUT2D eigenvalue weighted by Crippen LogP contribution is -2.99. The van der Waals surface area contributed by atoms with E-state index in [1.54, 1.807) is 0 Å². The van der Waals surface area contributed by atoms with Gasteiger partial charge in [-0.15, -0.1) is 0 Å². The maximum absolute atomic E-state index is 12.1. The zero-order chi connectivity index (χ0) is 14.2. The minimum Gasteiger partial charge on any atom is -0.623 e. The van der Waals surface area contributed by atoms with Gasteiger partial charge in [0.25, 0.3) is 5.88 Å². The monoisotopic (exact) mass is 281 g/mol. The van der Waals surface area contributed by atoms with Crippen LogP contribution in [0.2, 0.25) is 0 Å². The fourth-order valence-electron chi connectivity index (χ4n) is 2.95. The molecule has 5 nitrogen and oxygen atoms in total. The van der Waals surface area contributed by atoms with Crippen molar-refractivity contribution in [1.82, 2.24) is 4.98 Å². The van der Waals surface area contributed by atoms with Gasteiger partial charge in [0.2, 0.25) is 0 Å². The van der Waals surface area contributed by atoms with Crippen LogP contribution >= 0.6 is 0 Å². The van der Waals surface area contributed by atoms with Crippen molar-refractivity contribution in [2.24, 2.45) is 4.99 Å². The molecule has 4 rings (SSSR count). The van der Waals surface area contributed by atoms with Gasteiger partial charge in [-0.3, -0.25) is 5.06 Å². The number of rotatable bonds is 2. The third-order valence-electron chi connectivity index (χ3n) is 3.93. The number of para-hydroxylation sites is 1. The number of quaternary nitrogens is 1. The van der Waals surface area contributed by atoms with Crippen molar-refractivity contribution in [3.05, 3.63) is 46.8 Å². The number of pyridine rings is 1. The van der Waals surface area contributed by atoms with Crippen LogP contribution < -0.4 is 9.80 Å². The summed E-state index contributed by atoms with van der Waals surface area (Å²) in [6.07, 6.45) is 5.40. The van der Waals surface area contributed by atoms with E-state index in [0.717, 1.165) is 36.9 Å². The molecular weight excluding hydrogens is 266 g/mol. The lowest BCUT2D eigenvalue weighted by molar-refractivity contribution is -0.655. The molecule has 1 aromatic carbocycles. The van der Waals surface area contributed by atoms with E-state index < -0.39 is 0 Å². The van der Waals surface area contributed by atoms with Crippen LogP contribution in [0, 0.1) is 5.21 Å². The Morgan fingerprint density at radius 1 is 1.10 bits per heavy atom. The van der Waals surface area contributed by atoms with Crippen LogP contribution in [-0.4, -0.2) is 11.3 Å². The topological polar surface area (TPSA) is 62.0 Å². The number of nitrogens with zero attached hydrogens (tertiary/aromatic N) is 2. The van der Waals surface area contributed by atoms with Gasteiger partial charge in [0.15, 0.2) is 17.7 Å². The second-order valence-electron chi connectivity index (χ2n) is 5.31. The molecule has 5 heteroatoms. The molecule has 2 aromatic rings. The quantitative estimate of drug-likeness (QED) is 0.860. The van der Waals surface area contributed by atoms with Gasteiger partial charge >= 0.3 is 0 Å². The number of hydrogen-bond acceptors (Lipinski definition) is 4. The number of benzene rings is 1. The zero-order valence-corrected chi connectivity index (χ0v) is 11.5. The summed E-state index contributed by atoms with van der Waals surface area (Å²) in [5.41, 5.74) is 3.35. The lowest BCUT2D eigenvalue weighted by Gasteiger charge is -2.22. The van der Waals surface area contributed by atoms with Crippen LogP contribution in [0.25, 0.3) is 0 Å². The molecule has 1 unspecified atom stereocenters. The van der Waals surface area contributed by atoms with Crippen LogP contribution in [0.15, 0.2) is 35.3 Å². The maximum atomic E-state index is 12.1. The molecule has 2 heterocycles. The molecule has 1 aromatic heterocycles. The first-order valence-corrected chi connectivity index (χ1v) is 7.20. The van der Waals surface area contributed by atoms with Crippen molar-refractivity contribution in [2.75, 3.05) is 0 Å². The summed E-state index contributed by atoms with van der Waals surface area (Å²) in [5.74, 6) is 1.15. The number of aryl methyl sites for hydroxylation is 1. The smallest absolute Gasteiger partial charge is 0.252 e. The Kier molecular flexibility index (Phi) is 2.94. The van der Waals surface area contributed by atoms with E-state index in [0.29, 0.717) is 23.0 Å². The van der Waals surface area contributed by atoms with Crippen LogP contribution in [0.3, 0.4) is 0 Å². The Labute approximate surface area is 122 Å². The Balaban J connectivity index is 1.82. The van der Waals surface area contributed by atoms with Crippen LogP contribution in [-0.2, 0) is 12.8 Å². The Bertz CT molecular complexity index is 713. The summed E-state index contributed by atoms with van der Waals surface area (Å²) < 4.78 is 5.86. The predicted octanol–water partition coefficient (Wildman–Crippen LogP) is 2.44. The van der Waals surface area contributed by atoms with Crippen molar-refractivity contribution < 1.29 is 9.80 Å². The van der Waals surface area contributed by atoms with E-state index in [-0.39, 0.29) is 5.06 Å². The molecule has 2 aliphatic rings. The summed E-state index contributed by atoms with van der Waals surface area (Å²) in [6, 6.07) is 9.48. The van der Waals surface area contributed by atoms with E-state index in [2.05, 4.69) is 9.98 Å². The first kappa shape index (κ1) is 12.5. The van der Waals surface area contributed by atoms with Gasteiger partial charge in [0.05, 0.1) is 5.69 Å². The highest BCUT2D eigenvalue weighted by Gasteiger charge is 2.30. The first-order valence-electron chi connectivity index (χ1n) is 7.20. The van der Waals surface area contributed by atoms with Crippen molar-refractivity contribution in [1.29, 1.82) is 0 Å². The van der Waals surface area contributed by atoms with Gasteiger partial charge in [-0.2, -0.15) is 4.99 Å². The Morgan fingerprint density at radius 3 is 2.76 bits per heavy atom. The molecule has 1 atom stereocenters. The molecule has 0 bridgehead atoms. The molecular formula is C16H15N3O2. The molecule has 0 saturated heterocycles. The van der Waals surface area contributed by atoms with E-state index >= 15 is 0 Å². The molecule has 0 amide bonds. The molecule has 0 fully saturated rings. The number of fused-ring (bicyclic) bond motifs is 3. The standard InChI is InChI=1S/C16H15N3O2/c20-19-10-17-14-15(19)12-8-4-5-9-13(12)18-16(14)21-11-6-2-1-3-7-11/h1-3,6-7,10,19H,4-5,8-9H2. The largest absolute Gasteiger partial charge is 0.623 e. The van der Waals surface area contributed by atoms with Gasteiger partial charge in [0.1, 0.15) is 5.75 Å². The average Bonchev–Trinajstić information content (AvgIpc) is 2.91. The Morgan fingerprint density at radius 2 is 1.90 bits per heavy atom. The van der Waals surface area contributed by atoms with Gasteiger partial charge < -0.3 is 9.94 Å². The molecule has 0 saturated carbocycles. The molecule has 106 valence electrons. The second-order valence-corrected chi connectivity index (χ2v) is 5.31. The summed E-state index contributed by atoms with van der Waals surface area (Å²) in [6.45, 7) is 0. The van der Waals surface area contributed by atoms with Crippen LogP contribution in [0.5, 0.6) is 11.6 Å². The zero-order valence-electron chi connectivity index (χ0n) is 11.5. The number of hydroxylamine groups is 1. The highest BCUT2D eigenvalue weighted by Crippen LogP contribution is 2.41. The summed E-state index contributed by atoms with van der Waals surface area (Å²) in [5, 5.41) is 12.1. The number of aliphatic imine (C=N–C) groups is 1. The predicted molar refractivity (Wildman–Crippen MR) is 79.5 cm³/mol. The molecule has 1 aliphatic heterocycles. The Hall–Kier alpha value is -2.24. The van der Waals surface area contributed by atoms with E-state index in [1.165, 1.54) is 6.34 Å². The SMILES string of the molecule is [O-][NH+]1C=Nc2c(Oc3ccccc3)nc3c(c21)CCCC3. The normalized spacial score (nSPS) is 19.2. The molecule has 0 spiro atoms. The highest BCUT2D eigenvalue weighted by atomic mass is 16.5. The third kappa shape index (κ3) is 2.11. The average molecular weight is 281 g/mol. The van der Waals surface area contributed by atoms with Gasteiger partial charge in [-0.05, 0) is 37.8 Å². The van der Waals surface area contributed by atoms with Crippen molar-refractivity contribution in [3.63, 3.8) is 0 Å². The first-order chi connectivity index (χ1) is 10.3. The van der Waals surface area contributed by atoms with Crippen LogP contribution in [0.4, 0.5) is 11.4 Å².